The number of likely N-dealkylation sites (tertiary alicyclic amines) is 1. The third kappa shape index (κ3) is 4.22. The van der Waals surface area contributed by atoms with Gasteiger partial charge in [0.15, 0.2) is 0 Å². The summed E-state index contributed by atoms with van der Waals surface area (Å²) in [4.78, 5) is 37.6. The lowest BCUT2D eigenvalue weighted by atomic mass is 9.96. The van der Waals surface area contributed by atoms with Crippen molar-refractivity contribution < 1.29 is 19.5 Å². The van der Waals surface area contributed by atoms with Gasteiger partial charge in [0.25, 0.3) is 0 Å². The highest BCUT2D eigenvalue weighted by molar-refractivity contribution is 5.84. The number of amides is 2. The molecule has 1 heterocycles. The summed E-state index contributed by atoms with van der Waals surface area (Å²) >= 11 is 0. The predicted molar refractivity (Wildman–Crippen MR) is 69.5 cm³/mol. The number of piperidine rings is 1. The largest absolute Gasteiger partial charge is 0.480 e. The van der Waals surface area contributed by atoms with Crippen LogP contribution in [0.5, 0.6) is 0 Å². The van der Waals surface area contributed by atoms with Gasteiger partial charge in [0.2, 0.25) is 11.8 Å². The lowest BCUT2D eigenvalue weighted by Gasteiger charge is -2.35. The van der Waals surface area contributed by atoms with E-state index in [-0.39, 0.29) is 30.3 Å². The second-order valence-electron chi connectivity index (χ2n) is 5.26. The lowest BCUT2D eigenvalue weighted by Crippen LogP contribution is -2.49. The van der Waals surface area contributed by atoms with Crippen LogP contribution in [0, 0.1) is 5.92 Å². The Morgan fingerprint density at radius 1 is 1.37 bits per heavy atom. The molecule has 1 atom stereocenters. The highest BCUT2D eigenvalue weighted by Gasteiger charge is 2.31. The molecule has 0 aliphatic carbocycles. The Morgan fingerprint density at radius 2 is 2.00 bits per heavy atom. The third-order valence-electron chi connectivity index (χ3n) is 3.43. The molecular weight excluding hydrogens is 248 g/mol. The first-order chi connectivity index (χ1) is 8.82. The van der Waals surface area contributed by atoms with Gasteiger partial charge in [0, 0.05) is 26.1 Å². The monoisotopic (exact) mass is 270 g/mol. The van der Waals surface area contributed by atoms with Crippen molar-refractivity contribution in [2.24, 2.45) is 5.92 Å². The van der Waals surface area contributed by atoms with Crippen LogP contribution in [0.15, 0.2) is 0 Å². The van der Waals surface area contributed by atoms with E-state index < -0.39 is 5.97 Å². The molecule has 19 heavy (non-hydrogen) atoms. The van der Waals surface area contributed by atoms with Crippen molar-refractivity contribution in [3.63, 3.8) is 0 Å². The number of hydrogen-bond donors (Lipinski definition) is 1. The molecule has 6 nitrogen and oxygen atoms in total. The predicted octanol–water partition coefficient (Wildman–Crippen LogP) is 0.566. The molecule has 0 aromatic carbocycles. The fourth-order valence-corrected chi connectivity index (χ4v) is 2.36. The van der Waals surface area contributed by atoms with Crippen LogP contribution in [0.3, 0.4) is 0 Å². The van der Waals surface area contributed by atoms with Crippen LogP contribution < -0.4 is 0 Å². The molecular formula is C13H22N2O4. The van der Waals surface area contributed by atoms with Crippen LogP contribution in [0.4, 0.5) is 0 Å². The first-order valence-corrected chi connectivity index (χ1v) is 6.60. The molecule has 0 spiro atoms. The van der Waals surface area contributed by atoms with Gasteiger partial charge in [-0.1, -0.05) is 0 Å². The molecule has 1 saturated heterocycles. The maximum absolute atomic E-state index is 12.4. The van der Waals surface area contributed by atoms with Crippen molar-refractivity contribution in [1.82, 2.24) is 9.80 Å². The molecule has 0 saturated carbocycles. The average molecular weight is 270 g/mol. The highest BCUT2D eigenvalue weighted by atomic mass is 16.4. The summed E-state index contributed by atoms with van der Waals surface area (Å²) in [6, 6.07) is -0.156. The molecule has 1 N–H and O–H groups in total. The Hall–Kier alpha value is -1.59. The van der Waals surface area contributed by atoms with Crippen LogP contribution in [0.1, 0.15) is 33.6 Å². The van der Waals surface area contributed by atoms with Crippen molar-refractivity contribution in [3.05, 3.63) is 0 Å². The van der Waals surface area contributed by atoms with E-state index in [2.05, 4.69) is 0 Å². The lowest BCUT2D eigenvalue weighted by molar-refractivity contribution is -0.149. The summed E-state index contributed by atoms with van der Waals surface area (Å²) in [6.07, 6.45) is 1.50. The number of aliphatic carboxylic acids is 1. The summed E-state index contributed by atoms with van der Waals surface area (Å²) < 4.78 is 0. The minimum atomic E-state index is -1.01. The number of nitrogens with zero attached hydrogens (tertiary/aromatic N) is 2. The quantitative estimate of drug-likeness (QED) is 0.810. The summed E-state index contributed by atoms with van der Waals surface area (Å²) in [5.74, 6) is -1.49. The van der Waals surface area contributed by atoms with E-state index in [4.69, 9.17) is 5.11 Å². The number of carboxylic acids is 1. The number of carboxylic acid groups (broad SMARTS) is 1. The summed E-state index contributed by atoms with van der Waals surface area (Å²) in [7, 11) is 0. The molecule has 1 unspecified atom stereocenters. The number of rotatable bonds is 4. The Bertz CT molecular complexity index is 368. The molecule has 0 aromatic heterocycles. The van der Waals surface area contributed by atoms with Gasteiger partial charge in [-0.2, -0.15) is 0 Å². The fraction of sp³-hybridized carbons (Fsp3) is 0.769. The second-order valence-corrected chi connectivity index (χ2v) is 5.26. The Kier molecular flexibility index (Phi) is 5.32. The van der Waals surface area contributed by atoms with Gasteiger partial charge >= 0.3 is 5.97 Å². The average Bonchev–Trinajstić information content (AvgIpc) is 2.34. The van der Waals surface area contributed by atoms with Gasteiger partial charge in [-0.15, -0.1) is 0 Å². The van der Waals surface area contributed by atoms with Crippen LogP contribution in [0.25, 0.3) is 0 Å². The van der Waals surface area contributed by atoms with E-state index >= 15 is 0 Å². The second kappa shape index (κ2) is 6.54. The van der Waals surface area contributed by atoms with Gasteiger partial charge in [0.1, 0.15) is 6.54 Å². The standard InChI is InChI=1S/C13H22N2O4/c1-9(2)15(8-12(17)18)13(19)11-5-4-6-14(7-11)10(3)16/h9,11H,4-8H2,1-3H3,(H,17,18). The molecule has 0 radical (unpaired) electrons. The molecule has 2 amide bonds. The van der Waals surface area contributed by atoms with Crippen LogP contribution >= 0.6 is 0 Å². The van der Waals surface area contributed by atoms with E-state index in [0.717, 1.165) is 6.42 Å². The molecule has 1 aliphatic rings. The molecule has 108 valence electrons. The van der Waals surface area contributed by atoms with Crippen molar-refractivity contribution in [1.29, 1.82) is 0 Å². The zero-order valence-corrected chi connectivity index (χ0v) is 11.8. The van der Waals surface area contributed by atoms with E-state index in [1.807, 2.05) is 0 Å². The Balaban J connectivity index is 2.73. The summed E-state index contributed by atoms with van der Waals surface area (Å²) in [6.45, 7) is 5.88. The van der Waals surface area contributed by atoms with Crippen molar-refractivity contribution in [3.8, 4) is 0 Å². The fourth-order valence-electron chi connectivity index (χ4n) is 2.36. The normalized spacial score (nSPS) is 19.4. The number of carbonyl (C=O) groups is 3. The van der Waals surface area contributed by atoms with E-state index in [9.17, 15) is 14.4 Å². The smallest absolute Gasteiger partial charge is 0.323 e. The maximum Gasteiger partial charge on any atom is 0.323 e. The van der Waals surface area contributed by atoms with Gasteiger partial charge in [-0.05, 0) is 26.7 Å². The highest BCUT2D eigenvalue weighted by Crippen LogP contribution is 2.20. The molecule has 6 heteroatoms. The van der Waals surface area contributed by atoms with Crippen LogP contribution in [-0.4, -0.2) is 58.4 Å². The van der Waals surface area contributed by atoms with Crippen molar-refractivity contribution >= 4 is 17.8 Å². The molecule has 1 aliphatic heterocycles. The van der Waals surface area contributed by atoms with Gasteiger partial charge in [-0.3, -0.25) is 14.4 Å². The summed E-state index contributed by atoms with van der Waals surface area (Å²) in [5.41, 5.74) is 0. The van der Waals surface area contributed by atoms with Crippen LogP contribution in [-0.2, 0) is 14.4 Å². The van der Waals surface area contributed by atoms with Crippen molar-refractivity contribution in [2.45, 2.75) is 39.7 Å². The Morgan fingerprint density at radius 3 is 2.47 bits per heavy atom. The maximum atomic E-state index is 12.4. The SMILES string of the molecule is CC(=O)N1CCCC(C(=O)N(CC(=O)O)C(C)C)C1. The first kappa shape index (κ1) is 15.5. The zero-order valence-electron chi connectivity index (χ0n) is 11.8. The molecule has 0 bridgehead atoms. The van der Waals surface area contributed by atoms with E-state index in [1.165, 1.54) is 11.8 Å². The van der Waals surface area contributed by atoms with Crippen molar-refractivity contribution in [2.75, 3.05) is 19.6 Å². The van der Waals surface area contributed by atoms with Gasteiger partial charge in [-0.25, -0.2) is 0 Å². The molecule has 1 fully saturated rings. The minimum Gasteiger partial charge on any atom is -0.480 e. The summed E-state index contributed by atoms with van der Waals surface area (Å²) in [5, 5.41) is 8.86. The van der Waals surface area contributed by atoms with E-state index in [0.29, 0.717) is 19.5 Å². The van der Waals surface area contributed by atoms with E-state index in [1.54, 1.807) is 18.7 Å². The van der Waals surface area contributed by atoms with Gasteiger partial charge < -0.3 is 14.9 Å². The topological polar surface area (TPSA) is 77.9 Å². The number of hydrogen-bond acceptors (Lipinski definition) is 3. The minimum absolute atomic E-state index is 0.0353. The third-order valence-corrected chi connectivity index (χ3v) is 3.43. The number of carbonyl (C=O) groups excluding carboxylic acids is 2. The molecule has 0 aromatic rings. The van der Waals surface area contributed by atoms with Crippen LogP contribution in [0.2, 0.25) is 0 Å². The van der Waals surface area contributed by atoms with Gasteiger partial charge in [0.05, 0.1) is 5.92 Å². The zero-order chi connectivity index (χ0) is 14.6. The Labute approximate surface area is 113 Å². The first-order valence-electron chi connectivity index (χ1n) is 6.60. The molecule has 1 rings (SSSR count).